The number of anilines is 1. The van der Waals surface area contributed by atoms with E-state index < -0.39 is 9.84 Å². The van der Waals surface area contributed by atoms with Crippen molar-refractivity contribution in [3.8, 4) is 11.5 Å². The molecular weight excluding hydrogens is 374 g/mol. The van der Waals surface area contributed by atoms with E-state index in [-0.39, 0.29) is 9.79 Å². The molecule has 141 valence electrons. The van der Waals surface area contributed by atoms with Crippen molar-refractivity contribution in [3.63, 3.8) is 0 Å². The Balaban J connectivity index is 1.81. The van der Waals surface area contributed by atoms with Crippen LogP contribution in [0.4, 0.5) is 5.69 Å². The molecule has 6 nitrogen and oxygen atoms in total. The van der Waals surface area contributed by atoms with Gasteiger partial charge in [0.1, 0.15) is 11.5 Å². The Morgan fingerprint density at radius 1 is 1.14 bits per heavy atom. The first-order valence-electron chi connectivity index (χ1n) is 8.59. The highest BCUT2D eigenvalue weighted by atomic mass is 32.2. The van der Waals surface area contributed by atoms with Crippen LogP contribution < -0.4 is 10.5 Å². The molecule has 0 fully saturated rings. The fourth-order valence-electron chi connectivity index (χ4n) is 3.06. The van der Waals surface area contributed by atoms with Gasteiger partial charge >= 0.3 is 0 Å². The molecule has 2 heterocycles. The third-order valence-electron chi connectivity index (χ3n) is 4.63. The Bertz CT molecular complexity index is 1280. The minimum absolute atomic E-state index is 0.188. The standard InChI is InChI=1S/C21H18N3O3S/c1-13-3-5-18(22)14(2)21(13)27-15-4-6-19-17(11-15)20(12-24-19)28(25,26)16-7-9-23-10-8-16/h3-4,6-12,24H,22H2,1-2H3. The zero-order valence-corrected chi connectivity index (χ0v) is 16.2. The summed E-state index contributed by atoms with van der Waals surface area (Å²) in [5.74, 6) is 1.17. The number of H-pyrrole nitrogens is 1. The lowest BCUT2D eigenvalue weighted by Gasteiger charge is -2.13. The van der Waals surface area contributed by atoms with E-state index in [9.17, 15) is 8.42 Å². The molecule has 4 rings (SSSR count). The second kappa shape index (κ2) is 6.69. The van der Waals surface area contributed by atoms with E-state index in [0.29, 0.717) is 28.1 Å². The fourth-order valence-corrected chi connectivity index (χ4v) is 4.46. The van der Waals surface area contributed by atoms with Crippen LogP contribution in [0.2, 0.25) is 0 Å². The Morgan fingerprint density at radius 2 is 1.89 bits per heavy atom. The summed E-state index contributed by atoms with van der Waals surface area (Å²) >= 11 is 0. The van der Waals surface area contributed by atoms with Gasteiger partial charge in [0.05, 0.1) is 9.79 Å². The van der Waals surface area contributed by atoms with E-state index in [1.54, 1.807) is 24.3 Å². The van der Waals surface area contributed by atoms with Crippen LogP contribution in [-0.4, -0.2) is 18.4 Å². The van der Waals surface area contributed by atoms with Crippen molar-refractivity contribution in [2.24, 2.45) is 0 Å². The quantitative estimate of drug-likeness (QED) is 0.508. The van der Waals surface area contributed by atoms with E-state index in [1.807, 2.05) is 13.8 Å². The van der Waals surface area contributed by atoms with E-state index in [4.69, 9.17) is 10.5 Å². The molecule has 0 unspecified atom stereocenters. The number of aryl methyl sites for hydroxylation is 1. The highest BCUT2D eigenvalue weighted by Crippen LogP contribution is 2.35. The SMILES string of the molecule is Cc1c[c]c(N)c(C)c1Oc1ccc2[nH]cc(S(=O)(=O)c3ccncc3)c2c1. The summed E-state index contributed by atoms with van der Waals surface area (Å²) in [6.07, 6.45) is 4.41. The fraction of sp³-hybridized carbons (Fsp3) is 0.0952. The number of sulfone groups is 1. The van der Waals surface area contributed by atoms with Gasteiger partial charge in [-0.15, -0.1) is 0 Å². The first-order valence-corrected chi connectivity index (χ1v) is 10.1. The highest BCUT2D eigenvalue weighted by molar-refractivity contribution is 7.91. The molecule has 2 aromatic heterocycles. The molecule has 2 aromatic carbocycles. The Kier molecular flexibility index (Phi) is 4.31. The number of nitrogen functional groups attached to an aromatic ring is 1. The van der Waals surface area contributed by atoms with Gasteiger partial charge in [-0.25, -0.2) is 8.42 Å². The van der Waals surface area contributed by atoms with Gasteiger partial charge in [-0.05, 0) is 55.8 Å². The number of nitrogens with zero attached hydrogens (tertiary/aromatic N) is 1. The first kappa shape index (κ1) is 18.1. The van der Waals surface area contributed by atoms with Gasteiger partial charge in [0, 0.05) is 46.8 Å². The zero-order valence-electron chi connectivity index (χ0n) is 15.4. The van der Waals surface area contributed by atoms with Crippen molar-refractivity contribution in [1.82, 2.24) is 9.97 Å². The minimum Gasteiger partial charge on any atom is -0.457 e. The lowest BCUT2D eigenvalue weighted by Crippen LogP contribution is -2.01. The van der Waals surface area contributed by atoms with E-state index in [2.05, 4.69) is 16.0 Å². The summed E-state index contributed by atoms with van der Waals surface area (Å²) < 4.78 is 32.1. The number of nitrogens with two attached hydrogens (primary N) is 1. The van der Waals surface area contributed by atoms with Crippen LogP contribution in [0, 0.1) is 19.9 Å². The summed E-state index contributed by atoms with van der Waals surface area (Å²) in [5, 5.41) is 0.556. The van der Waals surface area contributed by atoms with Crippen molar-refractivity contribution in [2.45, 2.75) is 23.6 Å². The van der Waals surface area contributed by atoms with Crippen molar-refractivity contribution in [3.05, 3.63) is 72.2 Å². The monoisotopic (exact) mass is 392 g/mol. The molecule has 0 saturated carbocycles. The molecular formula is C21H18N3O3S. The average molecular weight is 392 g/mol. The normalized spacial score (nSPS) is 11.6. The highest BCUT2D eigenvalue weighted by Gasteiger charge is 2.22. The Hall–Kier alpha value is -3.32. The number of aromatic nitrogens is 2. The van der Waals surface area contributed by atoms with Crippen molar-refractivity contribution in [1.29, 1.82) is 0 Å². The van der Waals surface area contributed by atoms with Gasteiger partial charge in [0.15, 0.2) is 0 Å². The molecule has 1 radical (unpaired) electrons. The topological polar surface area (TPSA) is 98.1 Å². The zero-order chi connectivity index (χ0) is 19.9. The number of nitrogens with one attached hydrogen (secondary N) is 1. The lowest BCUT2D eigenvalue weighted by atomic mass is 10.1. The van der Waals surface area contributed by atoms with Crippen LogP contribution in [-0.2, 0) is 9.84 Å². The van der Waals surface area contributed by atoms with Crippen LogP contribution in [0.1, 0.15) is 11.1 Å². The molecule has 0 bridgehead atoms. The molecule has 4 aromatic rings. The summed E-state index contributed by atoms with van der Waals surface area (Å²) in [6, 6.07) is 13.0. The average Bonchev–Trinajstić information content (AvgIpc) is 3.13. The first-order chi connectivity index (χ1) is 13.4. The Morgan fingerprint density at radius 3 is 2.64 bits per heavy atom. The smallest absolute Gasteiger partial charge is 0.208 e. The second-order valence-electron chi connectivity index (χ2n) is 6.49. The second-order valence-corrected chi connectivity index (χ2v) is 8.41. The maximum Gasteiger partial charge on any atom is 0.208 e. The van der Waals surface area contributed by atoms with Crippen LogP contribution in [0.15, 0.2) is 64.8 Å². The third-order valence-corrected chi connectivity index (χ3v) is 6.44. The van der Waals surface area contributed by atoms with Gasteiger partial charge < -0.3 is 15.5 Å². The molecule has 28 heavy (non-hydrogen) atoms. The predicted octanol–water partition coefficient (Wildman–Crippen LogP) is 4.19. The van der Waals surface area contributed by atoms with Crippen LogP contribution in [0.25, 0.3) is 10.9 Å². The number of rotatable bonds is 4. The molecule has 0 saturated heterocycles. The number of ether oxygens (including phenoxy) is 1. The molecule has 0 aliphatic heterocycles. The van der Waals surface area contributed by atoms with Gasteiger partial charge in [-0.3, -0.25) is 4.98 Å². The predicted molar refractivity (Wildman–Crippen MR) is 107 cm³/mol. The van der Waals surface area contributed by atoms with Crippen LogP contribution >= 0.6 is 0 Å². The molecule has 0 atom stereocenters. The molecule has 0 aliphatic carbocycles. The van der Waals surface area contributed by atoms with Crippen molar-refractivity contribution in [2.75, 3.05) is 5.73 Å². The van der Waals surface area contributed by atoms with Crippen LogP contribution in [0.5, 0.6) is 11.5 Å². The summed E-state index contributed by atoms with van der Waals surface area (Å²) in [5.41, 5.74) is 8.84. The van der Waals surface area contributed by atoms with Crippen molar-refractivity contribution >= 4 is 26.4 Å². The summed E-state index contributed by atoms with van der Waals surface area (Å²) in [7, 11) is -3.69. The number of aromatic amines is 1. The van der Waals surface area contributed by atoms with E-state index >= 15 is 0 Å². The van der Waals surface area contributed by atoms with Gasteiger partial charge in [0.25, 0.3) is 0 Å². The van der Waals surface area contributed by atoms with E-state index in [1.165, 1.54) is 30.7 Å². The molecule has 3 N–H and O–H groups in total. The maximum atomic E-state index is 13.0. The summed E-state index contributed by atoms with van der Waals surface area (Å²) in [4.78, 5) is 7.27. The number of fused-ring (bicyclic) bond motifs is 1. The molecule has 0 aliphatic rings. The molecule has 7 heteroatoms. The molecule has 0 amide bonds. The van der Waals surface area contributed by atoms with Gasteiger partial charge in [-0.2, -0.15) is 0 Å². The largest absolute Gasteiger partial charge is 0.457 e. The number of benzene rings is 2. The molecule has 0 spiro atoms. The third kappa shape index (κ3) is 2.99. The Labute approximate surface area is 162 Å². The number of hydrogen-bond acceptors (Lipinski definition) is 5. The maximum absolute atomic E-state index is 13.0. The number of pyridine rings is 1. The lowest BCUT2D eigenvalue weighted by molar-refractivity contribution is 0.476. The van der Waals surface area contributed by atoms with Gasteiger partial charge in [-0.1, -0.05) is 0 Å². The van der Waals surface area contributed by atoms with E-state index in [0.717, 1.165) is 11.1 Å². The summed E-state index contributed by atoms with van der Waals surface area (Å²) in [6.45, 7) is 3.77. The minimum atomic E-state index is -3.69. The van der Waals surface area contributed by atoms with Crippen molar-refractivity contribution < 1.29 is 13.2 Å². The van der Waals surface area contributed by atoms with Crippen LogP contribution in [0.3, 0.4) is 0 Å². The van der Waals surface area contributed by atoms with Gasteiger partial charge in [0.2, 0.25) is 9.84 Å². The number of hydrogen-bond donors (Lipinski definition) is 2.